The highest BCUT2D eigenvalue weighted by atomic mass is 32.2. The standard InChI is InChI=1S/C12H22N2O4S/c1-2-3-4-13(5-7-15)12(18)14-6-8-19-9-10(14)11(16)17/h10,15H,2-9H2,1H3,(H,16,17). The summed E-state index contributed by atoms with van der Waals surface area (Å²) in [5.41, 5.74) is 0. The van der Waals surface area contributed by atoms with Crippen LogP contribution in [-0.4, -0.2) is 75.8 Å². The molecular formula is C12H22N2O4S. The molecule has 1 unspecified atom stereocenters. The first kappa shape index (κ1) is 16.1. The van der Waals surface area contributed by atoms with Crippen LogP contribution >= 0.6 is 11.8 Å². The smallest absolute Gasteiger partial charge is 0.327 e. The van der Waals surface area contributed by atoms with Crippen LogP contribution in [0.4, 0.5) is 4.79 Å². The van der Waals surface area contributed by atoms with Crippen LogP contribution < -0.4 is 0 Å². The van der Waals surface area contributed by atoms with Gasteiger partial charge in [0.1, 0.15) is 6.04 Å². The number of aliphatic hydroxyl groups is 1. The topological polar surface area (TPSA) is 81.1 Å². The van der Waals surface area contributed by atoms with Crippen LogP contribution in [-0.2, 0) is 4.79 Å². The minimum absolute atomic E-state index is 0.101. The minimum Gasteiger partial charge on any atom is -0.480 e. The van der Waals surface area contributed by atoms with Gasteiger partial charge in [0.05, 0.1) is 6.61 Å². The number of nitrogens with zero attached hydrogens (tertiary/aromatic N) is 2. The van der Waals surface area contributed by atoms with Crippen molar-refractivity contribution in [1.82, 2.24) is 9.80 Å². The molecule has 1 saturated heterocycles. The number of amides is 2. The van der Waals surface area contributed by atoms with Gasteiger partial charge in [-0.1, -0.05) is 13.3 Å². The summed E-state index contributed by atoms with van der Waals surface area (Å²) in [4.78, 5) is 26.5. The Morgan fingerprint density at radius 1 is 1.42 bits per heavy atom. The maximum atomic E-state index is 12.4. The molecule has 1 atom stereocenters. The Hall–Kier alpha value is -0.950. The van der Waals surface area contributed by atoms with Crippen molar-refractivity contribution >= 4 is 23.8 Å². The number of carbonyl (C=O) groups excluding carboxylic acids is 1. The molecule has 1 fully saturated rings. The van der Waals surface area contributed by atoms with Crippen molar-refractivity contribution in [1.29, 1.82) is 0 Å². The molecule has 6 nitrogen and oxygen atoms in total. The van der Waals surface area contributed by atoms with Crippen LogP contribution in [0.15, 0.2) is 0 Å². The largest absolute Gasteiger partial charge is 0.480 e. The van der Waals surface area contributed by atoms with Gasteiger partial charge in [0.2, 0.25) is 0 Å². The lowest BCUT2D eigenvalue weighted by Crippen LogP contribution is -2.55. The van der Waals surface area contributed by atoms with Crippen molar-refractivity contribution < 1.29 is 19.8 Å². The van der Waals surface area contributed by atoms with Gasteiger partial charge in [-0.05, 0) is 6.42 Å². The first-order valence-corrected chi connectivity index (χ1v) is 7.74. The van der Waals surface area contributed by atoms with Gasteiger partial charge in [-0.15, -0.1) is 0 Å². The van der Waals surface area contributed by atoms with E-state index in [2.05, 4.69) is 0 Å². The summed E-state index contributed by atoms with van der Waals surface area (Å²) >= 11 is 1.55. The number of aliphatic hydroxyl groups excluding tert-OH is 1. The quantitative estimate of drug-likeness (QED) is 0.753. The molecule has 0 aromatic carbocycles. The van der Waals surface area contributed by atoms with Crippen LogP contribution in [0, 0.1) is 0 Å². The second-order valence-corrected chi connectivity index (χ2v) is 5.62. The van der Waals surface area contributed by atoms with Gasteiger partial charge in [0.15, 0.2) is 0 Å². The Morgan fingerprint density at radius 2 is 2.16 bits per heavy atom. The lowest BCUT2D eigenvalue weighted by Gasteiger charge is -2.36. The van der Waals surface area contributed by atoms with Gasteiger partial charge in [-0.25, -0.2) is 9.59 Å². The molecule has 0 bridgehead atoms. The van der Waals surface area contributed by atoms with Crippen molar-refractivity contribution in [2.45, 2.75) is 25.8 Å². The number of carboxylic acid groups (broad SMARTS) is 1. The van der Waals surface area contributed by atoms with Crippen molar-refractivity contribution in [2.24, 2.45) is 0 Å². The highest BCUT2D eigenvalue weighted by Gasteiger charge is 2.34. The number of unbranched alkanes of at least 4 members (excludes halogenated alkanes) is 1. The third-order valence-electron chi connectivity index (χ3n) is 3.08. The fourth-order valence-corrected chi connectivity index (χ4v) is 3.03. The number of carbonyl (C=O) groups is 2. The second kappa shape index (κ2) is 8.27. The van der Waals surface area contributed by atoms with Crippen molar-refractivity contribution in [3.63, 3.8) is 0 Å². The maximum absolute atomic E-state index is 12.4. The predicted octanol–water partition coefficient (Wildman–Crippen LogP) is 0.703. The SMILES string of the molecule is CCCCN(CCO)C(=O)N1CCSCC1C(=O)O. The summed E-state index contributed by atoms with van der Waals surface area (Å²) in [6.45, 7) is 3.20. The zero-order valence-corrected chi connectivity index (χ0v) is 12.1. The van der Waals surface area contributed by atoms with E-state index in [9.17, 15) is 14.7 Å². The highest BCUT2D eigenvalue weighted by Crippen LogP contribution is 2.18. The van der Waals surface area contributed by atoms with Gasteiger partial charge in [-0.3, -0.25) is 0 Å². The Bertz CT molecular complexity index is 314. The minimum atomic E-state index is -0.958. The Balaban J connectivity index is 2.71. The van der Waals surface area contributed by atoms with Crippen LogP contribution in [0.5, 0.6) is 0 Å². The maximum Gasteiger partial charge on any atom is 0.327 e. The van der Waals surface area contributed by atoms with E-state index in [0.29, 0.717) is 18.8 Å². The lowest BCUT2D eigenvalue weighted by atomic mass is 10.2. The van der Waals surface area contributed by atoms with E-state index in [1.165, 1.54) is 4.90 Å². The first-order chi connectivity index (χ1) is 9.11. The third kappa shape index (κ3) is 4.58. The zero-order valence-electron chi connectivity index (χ0n) is 11.2. The Kier molecular flexibility index (Phi) is 7.01. The molecule has 0 radical (unpaired) electrons. The molecule has 0 aromatic rings. The average Bonchev–Trinajstić information content (AvgIpc) is 2.42. The lowest BCUT2D eigenvalue weighted by molar-refractivity contribution is -0.141. The second-order valence-electron chi connectivity index (χ2n) is 4.47. The molecule has 110 valence electrons. The molecule has 0 spiro atoms. The van der Waals surface area contributed by atoms with E-state index >= 15 is 0 Å². The average molecular weight is 290 g/mol. The molecular weight excluding hydrogens is 268 g/mol. The molecule has 1 rings (SSSR count). The van der Waals surface area contributed by atoms with E-state index in [4.69, 9.17) is 5.11 Å². The fraction of sp³-hybridized carbons (Fsp3) is 0.833. The first-order valence-electron chi connectivity index (χ1n) is 6.58. The number of hydrogen-bond donors (Lipinski definition) is 2. The van der Waals surface area contributed by atoms with Gasteiger partial charge >= 0.3 is 12.0 Å². The molecule has 19 heavy (non-hydrogen) atoms. The monoisotopic (exact) mass is 290 g/mol. The number of aliphatic carboxylic acids is 1. The summed E-state index contributed by atoms with van der Waals surface area (Å²) in [5, 5.41) is 18.2. The molecule has 1 aliphatic heterocycles. The Morgan fingerprint density at radius 3 is 2.74 bits per heavy atom. The molecule has 2 N–H and O–H groups in total. The normalized spacial score (nSPS) is 19.3. The van der Waals surface area contributed by atoms with Crippen molar-refractivity contribution in [3.8, 4) is 0 Å². The summed E-state index contributed by atoms with van der Waals surface area (Å²) in [6.07, 6.45) is 1.81. The summed E-state index contributed by atoms with van der Waals surface area (Å²) in [5.74, 6) is 0.234. The summed E-state index contributed by atoms with van der Waals surface area (Å²) in [7, 11) is 0. The number of rotatable bonds is 6. The van der Waals surface area contributed by atoms with Crippen LogP contribution in [0.1, 0.15) is 19.8 Å². The van der Waals surface area contributed by atoms with Crippen LogP contribution in [0.2, 0.25) is 0 Å². The third-order valence-corrected chi connectivity index (χ3v) is 4.10. The number of thioether (sulfide) groups is 1. The Labute approximate surface area is 117 Å². The predicted molar refractivity (Wildman–Crippen MR) is 74.4 cm³/mol. The number of hydrogen-bond acceptors (Lipinski definition) is 4. The highest BCUT2D eigenvalue weighted by molar-refractivity contribution is 7.99. The molecule has 1 heterocycles. The van der Waals surface area contributed by atoms with E-state index in [1.807, 2.05) is 6.92 Å². The molecule has 1 aliphatic rings. The number of urea groups is 1. The molecule has 0 aliphatic carbocycles. The molecule has 2 amide bonds. The zero-order chi connectivity index (χ0) is 14.3. The van der Waals surface area contributed by atoms with Crippen LogP contribution in [0.3, 0.4) is 0 Å². The summed E-state index contributed by atoms with van der Waals surface area (Å²) < 4.78 is 0. The fourth-order valence-electron chi connectivity index (χ4n) is 1.99. The van der Waals surface area contributed by atoms with E-state index in [1.54, 1.807) is 16.7 Å². The van der Waals surface area contributed by atoms with E-state index in [0.717, 1.165) is 18.6 Å². The van der Waals surface area contributed by atoms with Gasteiger partial charge < -0.3 is 20.0 Å². The van der Waals surface area contributed by atoms with Crippen molar-refractivity contribution in [3.05, 3.63) is 0 Å². The van der Waals surface area contributed by atoms with Crippen LogP contribution in [0.25, 0.3) is 0 Å². The molecule has 0 aromatic heterocycles. The van der Waals surface area contributed by atoms with Gasteiger partial charge in [0.25, 0.3) is 0 Å². The van der Waals surface area contributed by atoms with Gasteiger partial charge in [0, 0.05) is 31.1 Å². The van der Waals surface area contributed by atoms with E-state index in [-0.39, 0.29) is 19.2 Å². The van der Waals surface area contributed by atoms with Crippen molar-refractivity contribution in [2.75, 3.05) is 37.7 Å². The molecule has 7 heteroatoms. The summed E-state index contributed by atoms with van der Waals surface area (Å²) in [6, 6.07) is -1.02. The van der Waals surface area contributed by atoms with E-state index < -0.39 is 12.0 Å². The van der Waals surface area contributed by atoms with Gasteiger partial charge in [-0.2, -0.15) is 11.8 Å². The molecule has 0 saturated carbocycles. The number of carboxylic acids is 1.